The Morgan fingerprint density at radius 3 is 2.07 bits per heavy atom. The number of anilines is 5. The molecule has 1 aromatic heterocycles. The maximum atomic E-state index is 2.83. The summed E-state index contributed by atoms with van der Waals surface area (Å²) in [7, 11) is 0. The molecule has 4 heteroatoms. The topological polar surface area (TPSA) is 11.4 Å². The van der Waals surface area contributed by atoms with Gasteiger partial charge < -0.3 is 14.4 Å². The van der Waals surface area contributed by atoms with Gasteiger partial charge >= 0.3 is 0 Å². The van der Waals surface area contributed by atoms with Gasteiger partial charge in [0.25, 0.3) is 6.71 Å². The number of benzene rings is 5. The highest BCUT2D eigenvalue weighted by Crippen LogP contribution is 2.61. The molecule has 3 nitrogen and oxygen atoms in total. The van der Waals surface area contributed by atoms with E-state index < -0.39 is 0 Å². The molecule has 46 heavy (non-hydrogen) atoms. The van der Waals surface area contributed by atoms with Gasteiger partial charge in [-0.25, -0.2) is 0 Å². The van der Waals surface area contributed by atoms with E-state index in [0.29, 0.717) is 0 Å². The predicted molar refractivity (Wildman–Crippen MR) is 195 cm³/mol. The zero-order valence-corrected chi connectivity index (χ0v) is 27.1. The summed E-state index contributed by atoms with van der Waals surface area (Å²) in [6, 6.07) is 41.1. The van der Waals surface area contributed by atoms with Crippen molar-refractivity contribution in [2.75, 3.05) is 9.80 Å². The van der Waals surface area contributed by atoms with Crippen molar-refractivity contribution < 1.29 is 0 Å². The van der Waals surface area contributed by atoms with Crippen LogP contribution >= 0.6 is 0 Å². The van der Waals surface area contributed by atoms with Crippen LogP contribution < -0.4 is 26.2 Å². The van der Waals surface area contributed by atoms with Gasteiger partial charge in [0.1, 0.15) is 0 Å². The molecule has 4 heterocycles. The Hall–Kier alpha value is -4.70. The molecular formula is C42H38BN3. The fourth-order valence-electron chi connectivity index (χ4n) is 10.1. The van der Waals surface area contributed by atoms with Crippen molar-refractivity contribution in [1.29, 1.82) is 0 Å². The standard InChI is InChI=1S/C42H38BN3/c1-27-28(2)44-36-25-31(45(29-15-7-5-8-16-29)30-17-9-6-10-18-30)26-37-38(36)43(34-21-13-19-32(27)39(34)44)35-22-14-20-33-40(35)46(37)42(4)24-12-11-23-41(33,42)3/h5-10,13-22,25-26H,11-12,23-24H2,1-4H3. The molecular weight excluding hydrogens is 557 g/mol. The molecule has 224 valence electrons. The summed E-state index contributed by atoms with van der Waals surface area (Å²) >= 11 is 0. The number of nitrogens with zero attached hydrogens (tertiary/aromatic N) is 3. The van der Waals surface area contributed by atoms with E-state index in [0.717, 1.165) is 0 Å². The summed E-state index contributed by atoms with van der Waals surface area (Å²) in [4.78, 5) is 5.29. The van der Waals surface area contributed by atoms with Crippen molar-refractivity contribution in [2.45, 2.75) is 64.3 Å². The van der Waals surface area contributed by atoms with E-state index in [9.17, 15) is 0 Å². The lowest BCUT2D eigenvalue weighted by atomic mass is 9.33. The zero-order valence-electron chi connectivity index (χ0n) is 27.1. The molecule has 1 aliphatic carbocycles. The van der Waals surface area contributed by atoms with Crippen LogP contribution in [0, 0.1) is 13.8 Å². The summed E-state index contributed by atoms with van der Waals surface area (Å²) in [6.45, 7) is 9.95. The minimum Gasteiger partial charge on any atom is -0.335 e. The molecule has 10 rings (SSSR count). The monoisotopic (exact) mass is 595 g/mol. The molecule has 5 aromatic carbocycles. The second kappa shape index (κ2) is 8.97. The molecule has 0 saturated heterocycles. The first-order valence-electron chi connectivity index (χ1n) is 17.0. The minimum atomic E-state index is -0.000685. The molecule has 0 bridgehead atoms. The first kappa shape index (κ1) is 26.5. The second-order valence-corrected chi connectivity index (χ2v) is 14.5. The first-order chi connectivity index (χ1) is 22.4. The van der Waals surface area contributed by atoms with E-state index in [1.54, 1.807) is 5.56 Å². The molecule has 0 N–H and O–H groups in total. The van der Waals surface area contributed by atoms with Gasteiger partial charge in [-0.1, -0.05) is 92.6 Å². The van der Waals surface area contributed by atoms with Gasteiger partial charge in [0.15, 0.2) is 0 Å². The van der Waals surface area contributed by atoms with Crippen LogP contribution in [0.3, 0.4) is 0 Å². The Bertz CT molecular complexity index is 2200. The van der Waals surface area contributed by atoms with Crippen molar-refractivity contribution in [3.05, 3.63) is 126 Å². The molecule has 2 atom stereocenters. The largest absolute Gasteiger partial charge is 0.335 e. The lowest BCUT2D eigenvalue weighted by molar-refractivity contribution is 0.195. The van der Waals surface area contributed by atoms with Gasteiger partial charge in [-0.3, -0.25) is 0 Å². The number of fused-ring (bicyclic) bond motifs is 7. The van der Waals surface area contributed by atoms with Gasteiger partial charge in [0.2, 0.25) is 0 Å². The van der Waals surface area contributed by atoms with Gasteiger partial charge in [0, 0.05) is 50.4 Å². The molecule has 1 fully saturated rings. The summed E-state index contributed by atoms with van der Waals surface area (Å²) in [6.07, 6.45) is 5.00. The van der Waals surface area contributed by atoms with Gasteiger partial charge in [-0.2, -0.15) is 0 Å². The Morgan fingerprint density at radius 2 is 1.33 bits per heavy atom. The van der Waals surface area contributed by atoms with Crippen molar-refractivity contribution in [3.63, 3.8) is 0 Å². The quantitative estimate of drug-likeness (QED) is 0.190. The summed E-state index contributed by atoms with van der Waals surface area (Å²) in [5, 5.41) is 1.37. The van der Waals surface area contributed by atoms with E-state index in [4.69, 9.17) is 0 Å². The van der Waals surface area contributed by atoms with Crippen LogP contribution in [0.4, 0.5) is 28.4 Å². The normalized spacial score (nSPS) is 21.7. The third-order valence-electron chi connectivity index (χ3n) is 12.5. The number of hydrogen-bond acceptors (Lipinski definition) is 2. The molecule has 6 aromatic rings. The molecule has 2 unspecified atom stereocenters. The summed E-state index contributed by atoms with van der Waals surface area (Å²) < 4.78 is 2.60. The lowest BCUT2D eigenvalue weighted by Crippen LogP contribution is -2.64. The van der Waals surface area contributed by atoms with Gasteiger partial charge in [-0.05, 0) is 97.5 Å². The number of para-hydroxylation sites is 4. The Morgan fingerprint density at radius 1 is 0.674 bits per heavy atom. The van der Waals surface area contributed by atoms with E-state index in [1.165, 1.54) is 98.4 Å². The Kier molecular flexibility index (Phi) is 5.17. The molecule has 0 spiro atoms. The third kappa shape index (κ3) is 3.06. The Balaban J connectivity index is 1.37. The second-order valence-electron chi connectivity index (χ2n) is 14.5. The summed E-state index contributed by atoms with van der Waals surface area (Å²) in [5.41, 5.74) is 17.9. The highest BCUT2D eigenvalue weighted by Gasteiger charge is 2.61. The maximum Gasteiger partial charge on any atom is 0.252 e. The summed E-state index contributed by atoms with van der Waals surface area (Å²) in [5.74, 6) is 0. The van der Waals surface area contributed by atoms with Crippen LogP contribution in [0.5, 0.6) is 0 Å². The van der Waals surface area contributed by atoms with E-state index >= 15 is 0 Å². The van der Waals surface area contributed by atoms with Crippen LogP contribution in [0.2, 0.25) is 0 Å². The maximum absolute atomic E-state index is 2.83. The van der Waals surface area contributed by atoms with Crippen molar-refractivity contribution in [1.82, 2.24) is 4.57 Å². The van der Waals surface area contributed by atoms with Gasteiger partial charge in [0.05, 0.1) is 11.2 Å². The van der Waals surface area contributed by atoms with Crippen molar-refractivity contribution >= 4 is 62.4 Å². The fourth-order valence-corrected chi connectivity index (χ4v) is 10.1. The van der Waals surface area contributed by atoms with Crippen LogP contribution in [-0.2, 0) is 5.41 Å². The Labute approximate surface area is 272 Å². The van der Waals surface area contributed by atoms with Crippen LogP contribution in [0.1, 0.15) is 56.4 Å². The van der Waals surface area contributed by atoms with Crippen LogP contribution in [-0.4, -0.2) is 16.8 Å². The zero-order chi connectivity index (χ0) is 30.9. The average Bonchev–Trinajstić information content (AvgIpc) is 3.47. The predicted octanol–water partition coefficient (Wildman–Crippen LogP) is 8.60. The van der Waals surface area contributed by atoms with Crippen LogP contribution in [0.25, 0.3) is 16.6 Å². The number of hydrogen-bond donors (Lipinski definition) is 0. The average molecular weight is 596 g/mol. The van der Waals surface area contributed by atoms with E-state index in [2.05, 4.69) is 151 Å². The van der Waals surface area contributed by atoms with Crippen molar-refractivity contribution in [2.24, 2.45) is 0 Å². The smallest absolute Gasteiger partial charge is 0.252 e. The third-order valence-corrected chi connectivity index (χ3v) is 12.5. The lowest BCUT2D eigenvalue weighted by Gasteiger charge is -2.52. The molecule has 0 amide bonds. The number of aromatic nitrogens is 1. The fraction of sp³-hybridized carbons (Fsp3) is 0.238. The number of aryl methyl sites for hydroxylation is 1. The first-order valence-corrected chi connectivity index (χ1v) is 17.0. The molecule has 4 aliphatic rings. The van der Waals surface area contributed by atoms with Crippen molar-refractivity contribution in [3.8, 4) is 5.69 Å². The molecule has 3 aliphatic heterocycles. The highest BCUT2D eigenvalue weighted by atomic mass is 15.3. The highest BCUT2D eigenvalue weighted by molar-refractivity contribution is 7.00. The van der Waals surface area contributed by atoms with E-state index in [1.807, 2.05) is 0 Å². The minimum absolute atomic E-state index is 0.000685. The van der Waals surface area contributed by atoms with Crippen LogP contribution in [0.15, 0.2) is 109 Å². The SMILES string of the molecule is Cc1c(C)n2c3c(cccc13)B1c3cccc4c3N(c3cc(N(c5ccccc5)c5ccccc5)cc-2c31)C1(C)CCCCC41C. The van der Waals surface area contributed by atoms with Gasteiger partial charge in [-0.15, -0.1) is 0 Å². The van der Waals surface area contributed by atoms with E-state index in [-0.39, 0.29) is 17.7 Å². The number of rotatable bonds is 3. The molecule has 0 radical (unpaired) electrons. The molecule has 1 saturated carbocycles.